The molecule has 1 saturated carbocycles. The van der Waals surface area contributed by atoms with Gasteiger partial charge in [-0.3, -0.25) is 33.6 Å². The molecule has 1 heterocycles. The van der Waals surface area contributed by atoms with Crippen molar-refractivity contribution in [3.63, 3.8) is 0 Å². The Kier molecular flexibility index (Phi) is 16.4. The molecular weight excluding hydrogens is 747 g/mol. The summed E-state index contributed by atoms with van der Waals surface area (Å²) >= 11 is 0. The zero-order valence-corrected chi connectivity index (χ0v) is 34.7. The van der Waals surface area contributed by atoms with E-state index in [0.29, 0.717) is 17.5 Å². The highest BCUT2D eigenvalue weighted by Gasteiger charge is 2.45. The highest BCUT2D eigenvalue weighted by molar-refractivity contribution is 6.38. The molecule has 0 radical (unpaired) electrons. The predicted molar refractivity (Wildman–Crippen MR) is 224 cm³/mol. The first kappa shape index (κ1) is 44.8. The lowest BCUT2D eigenvalue weighted by Crippen LogP contribution is -2.47. The quantitative estimate of drug-likeness (QED) is 0.0866. The Morgan fingerprint density at radius 2 is 1.46 bits per heavy atom. The smallest absolute Gasteiger partial charge is 0.244 e. The number of hydrogen-bond acceptors (Lipinski definition) is 8. The van der Waals surface area contributed by atoms with Gasteiger partial charge in [-0.15, -0.1) is 0 Å². The van der Waals surface area contributed by atoms with Crippen LogP contribution in [0, 0.1) is 31.6 Å². The maximum Gasteiger partial charge on any atom is 0.244 e. The van der Waals surface area contributed by atoms with Crippen molar-refractivity contribution in [2.45, 2.75) is 123 Å². The van der Waals surface area contributed by atoms with Crippen molar-refractivity contribution >= 4 is 40.9 Å². The average Bonchev–Trinajstić information content (AvgIpc) is 3.68. The maximum absolute atomic E-state index is 14.9. The number of nitrogens with zero attached hydrogens (tertiary/aromatic N) is 1. The first-order valence-electron chi connectivity index (χ1n) is 21.2. The highest BCUT2D eigenvalue weighted by Crippen LogP contribution is 2.37. The lowest BCUT2D eigenvalue weighted by Gasteiger charge is -2.34. The van der Waals surface area contributed by atoms with Crippen LogP contribution >= 0.6 is 0 Å². The second kappa shape index (κ2) is 21.6. The molecule has 5 rings (SSSR count). The zero-order chi connectivity index (χ0) is 42.5. The van der Waals surface area contributed by atoms with Crippen molar-refractivity contribution in [1.29, 1.82) is 0 Å². The van der Waals surface area contributed by atoms with Gasteiger partial charge < -0.3 is 20.7 Å². The molecular formula is C48H59N3O8. The fourth-order valence-electron chi connectivity index (χ4n) is 8.85. The van der Waals surface area contributed by atoms with Gasteiger partial charge in [-0.2, -0.15) is 0 Å². The third kappa shape index (κ3) is 12.1. The fraction of sp³-hybridized carbons (Fsp3) is 0.479. The topological polar surface area (TPSA) is 170 Å². The molecule has 11 heteroatoms. The molecule has 3 N–H and O–H groups in total. The summed E-state index contributed by atoms with van der Waals surface area (Å²) in [5, 5.41) is 2.55. The summed E-state index contributed by atoms with van der Waals surface area (Å²) in [4.78, 5) is 96.8. The number of carbonyl (C=O) groups is 7. The van der Waals surface area contributed by atoms with E-state index in [4.69, 9.17) is 10.5 Å². The van der Waals surface area contributed by atoms with E-state index in [1.165, 1.54) is 0 Å². The number of aryl methyl sites for hydroxylation is 2. The van der Waals surface area contributed by atoms with Crippen LogP contribution < -0.4 is 11.1 Å². The first-order chi connectivity index (χ1) is 28.4. The number of ether oxygens (including phenoxy) is 1. The number of nitrogens with two attached hydrogens (primary N) is 1. The van der Waals surface area contributed by atoms with Crippen LogP contribution in [0.15, 0.2) is 78.9 Å². The lowest BCUT2D eigenvalue weighted by molar-refractivity contribution is -0.144. The van der Waals surface area contributed by atoms with Crippen molar-refractivity contribution in [3.8, 4) is 0 Å². The summed E-state index contributed by atoms with van der Waals surface area (Å²) in [6, 6.07) is 21.8. The van der Waals surface area contributed by atoms with E-state index in [1.54, 1.807) is 35.2 Å². The Hall–Kier alpha value is -5.29. The minimum atomic E-state index is -1.10. The molecule has 3 aromatic rings. The van der Waals surface area contributed by atoms with Gasteiger partial charge >= 0.3 is 0 Å². The molecule has 3 unspecified atom stereocenters. The van der Waals surface area contributed by atoms with E-state index >= 15 is 0 Å². The van der Waals surface area contributed by atoms with Crippen molar-refractivity contribution in [2.75, 3.05) is 6.54 Å². The van der Waals surface area contributed by atoms with Crippen LogP contribution in [-0.2, 0) is 40.1 Å². The largest absolute Gasteiger partial charge is 0.372 e. The number of likely N-dealkylation sites (tertiary alicyclic amines) is 1. The summed E-state index contributed by atoms with van der Waals surface area (Å²) in [5.74, 6) is -5.15. The number of Topliss-reactive ketones (excluding diaryl/α,β-unsaturated/α-hetero) is 4. The molecule has 314 valence electrons. The van der Waals surface area contributed by atoms with Gasteiger partial charge in [0.05, 0.1) is 18.8 Å². The zero-order valence-electron chi connectivity index (χ0n) is 34.7. The molecule has 2 aliphatic rings. The van der Waals surface area contributed by atoms with Crippen LogP contribution in [0.4, 0.5) is 0 Å². The van der Waals surface area contributed by atoms with Crippen LogP contribution in [0.2, 0.25) is 0 Å². The molecule has 1 saturated heterocycles. The van der Waals surface area contributed by atoms with Crippen molar-refractivity contribution in [2.24, 2.45) is 23.5 Å². The van der Waals surface area contributed by atoms with Gasteiger partial charge in [0.25, 0.3) is 0 Å². The molecule has 59 heavy (non-hydrogen) atoms. The van der Waals surface area contributed by atoms with Crippen molar-refractivity contribution in [1.82, 2.24) is 10.2 Å². The third-order valence-electron chi connectivity index (χ3n) is 12.0. The highest BCUT2D eigenvalue weighted by atomic mass is 16.5. The summed E-state index contributed by atoms with van der Waals surface area (Å²) in [7, 11) is 0. The van der Waals surface area contributed by atoms with E-state index in [2.05, 4.69) is 5.32 Å². The molecule has 3 amide bonds. The SMILES string of the molecule is CCCC(CC(=O)[C@@H]1C[C@@H](OCc2ccccc2)CN1C(=O)C(CC(=O)c1c(C)cccc1C)C1CCCCC1)C(=O)C(=O)CCC(=O)NC(C(N)=O)c1ccccc1. The minimum Gasteiger partial charge on any atom is -0.372 e. The standard InChI is InChI=1S/C48H59N3O8/c1-4-15-36(46(56)40(52)24-25-43(55)50-45(47(49)57)35-22-12-7-13-23-35)26-41(53)39-27-37(59-30-33-18-8-5-9-19-33)29-51(39)48(58)38(34-20-10-6-11-21-34)28-42(54)44-31(2)16-14-17-32(44)3/h5,7-9,12-14,16-19,22-23,34,36-39,45H,4,6,10-11,15,20-21,24-30H2,1-3H3,(H2,49,57)(H,50,55)/t36?,37-,38?,39+,45?/m1/s1. The van der Waals surface area contributed by atoms with Gasteiger partial charge in [-0.1, -0.05) is 111 Å². The second-order valence-electron chi connectivity index (χ2n) is 16.3. The molecule has 11 nitrogen and oxygen atoms in total. The second-order valence-corrected chi connectivity index (χ2v) is 16.3. The lowest BCUT2D eigenvalue weighted by atomic mass is 9.76. The third-order valence-corrected chi connectivity index (χ3v) is 12.0. The monoisotopic (exact) mass is 805 g/mol. The van der Waals surface area contributed by atoms with E-state index in [9.17, 15) is 33.6 Å². The van der Waals surface area contributed by atoms with Crippen LogP contribution in [0.1, 0.15) is 123 Å². The number of benzene rings is 3. The maximum atomic E-state index is 14.9. The Labute approximate surface area is 347 Å². The van der Waals surface area contributed by atoms with Crippen molar-refractivity contribution < 1.29 is 38.3 Å². The van der Waals surface area contributed by atoms with Crippen molar-refractivity contribution in [3.05, 3.63) is 107 Å². The molecule has 1 aliphatic heterocycles. The van der Waals surface area contributed by atoms with Crippen LogP contribution in [0.25, 0.3) is 0 Å². The first-order valence-corrected chi connectivity index (χ1v) is 21.2. The predicted octanol–water partition coefficient (Wildman–Crippen LogP) is 6.90. The summed E-state index contributed by atoms with van der Waals surface area (Å²) < 4.78 is 6.32. The number of primary amides is 1. The molecule has 2 fully saturated rings. The molecule has 5 atom stereocenters. The van der Waals surface area contributed by atoms with E-state index in [1.807, 2.05) is 69.3 Å². The van der Waals surface area contributed by atoms with E-state index in [0.717, 1.165) is 48.8 Å². The Balaban J connectivity index is 1.32. The normalized spacial score (nSPS) is 18.4. The van der Waals surface area contributed by atoms with E-state index < -0.39 is 59.8 Å². The number of amides is 3. The van der Waals surface area contributed by atoms with Gasteiger partial charge in [0.2, 0.25) is 23.5 Å². The van der Waals surface area contributed by atoms with Gasteiger partial charge in [0, 0.05) is 56.0 Å². The van der Waals surface area contributed by atoms with Crippen LogP contribution in [0.5, 0.6) is 0 Å². The number of rotatable bonds is 21. The van der Waals surface area contributed by atoms with E-state index in [-0.39, 0.29) is 68.6 Å². The minimum absolute atomic E-state index is 0.0141. The summed E-state index contributed by atoms with van der Waals surface area (Å²) in [6.07, 6.45) is 4.23. The Bertz CT molecular complexity index is 1940. The van der Waals surface area contributed by atoms with Gasteiger partial charge in [-0.05, 0) is 61.3 Å². The molecule has 3 aromatic carbocycles. The molecule has 0 bridgehead atoms. The Morgan fingerprint density at radius 3 is 2.08 bits per heavy atom. The number of ketones is 4. The number of carbonyl (C=O) groups excluding carboxylic acids is 7. The Morgan fingerprint density at radius 1 is 0.814 bits per heavy atom. The molecule has 0 spiro atoms. The molecule has 0 aromatic heterocycles. The average molecular weight is 806 g/mol. The summed E-state index contributed by atoms with van der Waals surface area (Å²) in [6.45, 7) is 6.12. The van der Waals surface area contributed by atoms with Gasteiger partial charge in [0.15, 0.2) is 17.3 Å². The number of hydrogen-bond donors (Lipinski definition) is 2. The van der Waals surface area contributed by atoms with Gasteiger partial charge in [0.1, 0.15) is 6.04 Å². The fourth-order valence-corrected chi connectivity index (χ4v) is 8.85. The van der Waals surface area contributed by atoms with Gasteiger partial charge in [-0.25, -0.2) is 0 Å². The summed E-state index contributed by atoms with van der Waals surface area (Å²) in [5.41, 5.74) is 9.31. The van der Waals surface area contributed by atoms with Crippen LogP contribution in [0.3, 0.4) is 0 Å². The molecule has 1 aliphatic carbocycles. The number of nitrogens with one attached hydrogen (secondary N) is 1. The van der Waals surface area contributed by atoms with Crippen LogP contribution in [-0.4, -0.2) is 64.4 Å².